The van der Waals surface area contributed by atoms with Crippen molar-refractivity contribution in [3.63, 3.8) is 0 Å². The standard InChI is InChI=1S/C30H35ClN4O2/c1-21-29(30(36)34-16-13-28(20-34)33(3)26-14-17-37-18-15-26)22(2)35(32-21)27-6-4-5-24(19-27)8-7-23-9-11-25(31)12-10-23/h4-12,19,26,28H,13-18,20H2,1-3H3/b8-7+/t28-/m0/s1. The summed E-state index contributed by atoms with van der Waals surface area (Å²) in [6, 6.07) is 16.9. The average Bonchev–Trinajstić information content (AvgIpc) is 3.53. The van der Waals surface area contributed by atoms with Crippen molar-refractivity contribution < 1.29 is 9.53 Å². The van der Waals surface area contributed by atoms with Crippen LogP contribution in [0.4, 0.5) is 0 Å². The second-order valence-electron chi connectivity index (χ2n) is 10.1. The predicted octanol–water partition coefficient (Wildman–Crippen LogP) is 5.64. The van der Waals surface area contributed by atoms with Gasteiger partial charge >= 0.3 is 0 Å². The van der Waals surface area contributed by atoms with Gasteiger partial charge in [0.05, 0.1) is 22.6 Å². The molecule has 1 amide bonds. The van der Waals surface area contributed by atoms with Gasteiger partial charge in [-0.15, -0.1) is 0 Å². The van der Waals surface area contributed by atoms with Crippen molar-refractivity contribution in [1.29, 1.82) is 0 Å². The summed E-state index contributed by atoms with van der Waals surface area (Å²) >= 11 is 6.00. The van der Waals surface area contributed by atoms with Crippen LogP contribution >= 0.6 is 11.6 Å². The Labute approximate surface area is 224 Å². The molecule has 2 aliphatic rings. The highest BCUT2D eigenvalue weighted by Gasteiger charge is 2.34. The molecule has 0 N–H and O–H groups in total. The van der Waals surface area contributed by atoms with Gasteiger partial charge in [0.2, 0.25) is 0 Å². The highest BCUT2D eigenvalue weighted by Crippen LogP contribution is 2.26. The first-order valence-electron chi connectivity index (χ1n) is 13.1. The zero-order chi connectivity index (χ0) is 25.9. The molecular formula is C30H35ClN4O2. The van der Waals surface area contributed by atoms with Crippen molar-refractivity contribution in [2.24, 2.45) is 0 Å². The maximum Gasteiger partial charge on any atom is 0.257 e. The average molecular weight is 519 g/mol. The third-order valence-corrected chi connectivity index (χ3v) is 8.00. The maximum atomic E-state index is 13.6. The lowest BCUT2D eigenvalue weighted by molar-refractivity contribution is 0.0295. The van der Waals surface area contributed by atoms with Crippen LogP contribution in [0, 0.1) is 13.8 Å². The SMILES string of the molecule is Cc1nn(-c2cccc(/C=C/c3ccc(Cl)cc3)c2)c(C)c1C(=O)N1CC[C@H](N(C)C2CCOCC2)C1. The van der Waals surface area contributed by atoms with E-state index in [2.05, 4.69) is 36.2 Å². The maximum absolute atomic E-state index is 13.6. The van der Waals surface area contributed by atoms with Crippen LogP contribution in [0.2, 0.25) is 5.02 Å². The van der Waals surface area contributed by atoms with Crippen molar-refractivity contribution in [1.82, 2.24) is 19.6 Å². The smallest absolute Gasteiger partial charge is 0.257 e. The van der Waals surface area contributed by atoms with E-state index in [9.17, 15) is 4.79 Å². The van der Waals surface area contributed by atoms with E-state index in [1.165, 1.54) is 0 Å². The quantitative estimate of drug-likeness (QED) is 0.396. The summed E-state index contributed by atoms with van der Waals surface area (Å²) < 4.78 is 7.42. The van der Waals surface area contributed by atoms with E-state index < -0.39 is 0 Å². The summed E-state index contributed by atoms with van der Waals surface area (Å²) in [4.78, 5) is 18.1. The highest BCUT2D eigenvalue weighted by molar-refractivity contribution is 6.30. The number of amides is 1. The molecule has 0 saturated carbocycles. The van der Waals surface area contributed by atoms with Crippen LogP contribution in [0.1, 0.15) is 52.1 Å². The van der Waals surface area contributed by atoms with Crippen LogP contribution < -0.4 is 0 Å². The molecule has 2 saturated heterocycles. The van der Waals surface area contributed by atoms with E-state index in [0.29, 0.717) is 12.1 Å². The largest absolute Gasteiger partial charge is 0.381 e. The number of hydrogen-bond donors (Lipinski definition) is 0. The van der Waals surface area contributed by atoms with Gasteiger partial charge in [0.15, 0.2) is 0 Å². The van der Waals surface area contributed by atoms with Gasteiger partial charge in [0.25, 0.3) is 5.91 Å². The van der Waals surface area contributed by atoms with Crippen molar-refractivity contribution >= 4 is 29.7 Å². The molecule has 5 rings (SSSR count). The predicted molar refractivity (Wildman–Crippen MR) is 149 cm³/mol. The Kier molecular flexibility index (Phi) is 7.79. The molecule has 0 spiro atoms. The Morgan fingerprint density at radius 3 is 2.51 bits per heavy atom. The van der Waals surface area contributed by atoms with E-state index in [1.807, 2.05) is 59.8 Å². The first kappa shape index (κ1) is 25.7. The molecule has 0 radical (unpaired) electrons. The Bertz CT molecular complexity index is 1280. The number of carbonyl (C=O) groups excluding carboxylic acids is 1. The second-order valence-corrected chi connectivity index (χ2v) is 10.6. The minimum Gasteiger partial charge on any atom is -0.381 e. The number of carbonyl (C=O) groups is 1. The number of aromatic nitrogens is 2. The molecule has 7 heteroatoms. The fourth-order valence-electron chi connectivity index (χ4n) is 5.54. The molecular weight excluding hydrogens is 484 g/mol. The van der Waals surface area contributed by atoms with E-state index >= 15 is 0 Å². The first-order valence-corrected chi connectivity index (χ1v) is 13.5. The van der Waals surface area contributed by atoms with Gasteiger partial charge in [-0.1, -0.05) is 48.0 Å². The zero-order valence-corrected chi connectivity index (χ0v) is 22.6. The minimum absolute atomic E-state index is 0.0860. The molecule has 1 atom stereocenters. The monoisotopic (exact) mass is 518 g/mol. The lowest BCUT2D eigenvalue weighted by Crippen LogP contribution is -2.44. The Hall–Kier alpha value is -2.93. The van der Waals surface area contributed by atoms with Crippen LogP contribution in [0.15, 0.2) is 48.5 Å². The Morgan fingerprint density at radius 1 is 1.03 bits per heavy atom. The topological polar surface area (TPSA) is 50.6 Å². The summed E-state index contributed by atoms with van der Waals surface area (Å²) in [6.45, 7) is 7.14. The number of likely N-dealkylation sites (N-methyl/N-ethyl adjacent to an activating group) is 1. The number of rotatable bonds is 6. The van der Waals surface area contributed by atoms with Gasteiger partial charge < -0.3 is 9.64 Å². The van der Waals surface area contributed by atoms with E-state index in [1.54, 1.807) is 0 Å². The number of benzene rings is 2. The third-order valence-electron chi connectivity index (χ3n) is 7.75. The molecule has 3 aromatic rings. The van der Waals surface area contributed by atoms with Gasteiger partial charge in [0.1, 0.15) is 0 Å². The van der Waals surface area contributed by atoms with Gasteiger partial charge in [-0.05, 0) is 75.5 Å². The third kappa shape index (κ3) is 5.66. The molecule has 194 valence electrons. The lowest BCUT2D eigenvalue weighted by Gasteiger charge is -2.35. The number of nitrogens with zero attached hydrogens (tertiary/aromatic N) is 4. The van der Waals surface area contributed by atoms with Crippen molar-refractivity contribution in [3.05, 3.63) is 81.6 Å². The van der Waals surface area contributed by atoms with Gasteiger partial charge in [-0.3, -0.25) is 9.69 Å². The molecule has 2 fully saturated rings. The number of hydrogen-bond acceptors (Lipinski definition) is 4. The van der Waals surface area contributed by atoms with E-state index in [-0.39, 0.29) is 5.91 Å². The molecule has 1 aromatic heterocycles. The number of halogens is 1. The van der Waals surface area contributed by atoms with Crippen LogP contribution in [-0.4, -0.2) is 70.9 Å². The molecule has 0 bridgehead atoms. The zero-order valence-electron chi connectivity index (χ0n) is 21.9. The molecule has 0 unspecified atom stereocenters. The molecule has 2 aliphatic heterocycles. The summed E-state index contributed by atoms with van der Waals surface area (Å²) in [6.07, 6.45) is 7.28. The second kappa shape index (κ2) is 11.2. The summed E-state index contributed by atoms with van der Waals surface area (Å²) in [7, 11) is 2.21. The van der Waals surface area contributed by atoms with Crippen LogP contribution in [0.3, 0.4) is 0 Å². The normalized spacial score (nSPS) is 18.8. The Balaban J connectivity index is 1.31. The molecule has 37 heavy (non-hydrogen) atoms. The number of likely N-dealkylation sites (tertiary alicyclic amines) is 1. The molecule has 2 aromatic carbocycles. The minimum atomic E-state index is 0.0860. The van der Waals surface area contributed by atoms with Gasteiger partial charge in [0, 0.05) is 43.4 Å². The molecule has 3 heterocycles. The fourth-order valence-corrected chi connectivity index (χ4v) is 5.66. The fraction of sp³-hybridized carbons (Fsp3) is 0.400. The van der Waals surface area contributed by atoms with E-state index in [0.717, 1.165) is 84.4 Å². The van der Waals surface area contributed by atoms with E-state index in [4.69, 9.17) is 21.4 Å². The molecule has 0 aliphatic carbocycles. The van der Waals surface area contributed by atoms with Crippen molar-refractivity contribution in [3.8, 4) is 5.69 Å². The van der Waals surface area contributed by atoms with Gasteiger partial charge in [-0.25, -0.2) is 4.68 Å². The van der Waals surface area contributed by atoms with Crippen molar-refractivity contribution in [2.45, 2.75) is 45.2 Å². The summed E-state index contributed by atoms with van der Waals surface area (Å²) in [5.74, 6) is 0.0860. The number of ether oxygens (including phenoxy) is 1. The van der Waals surface area contributed by atoms with Crippen LogP contribution in [0.5, 0.6) is 0 Å². The van der Waals surface area contributed by atoms with Crippen molar-refractivity contribution in [2.75, 3.05) is 33.4 Å². The molecule has 6 nitrogen and oxygen atoms in total. The number of aryl methyl sites for hydroxylation is 1. The first-order chi connectivity index (χ1) is 17.9. The van der Waals surface area contributed by atoms with Crippen LogP contribution in [-0.2, 0) is 4.74 Å². The Morgan fingerprint density at radius 2 is 1.76 bits per heavy atom. The lowest BCUT2D eigenvalue weighted by atomic mass is 10.1. The highest BCUT2D eigenvalue weighted by atomic mass is 35.5. The summed E-state index contributed by atoms with van der Waals surface area (Å²) in [5, 5.41) is 5.50. The van der Waals surface area contributed by atoms with Crippen LogP contribution in [0.25, 0.3) is 17.8 Å². The van der Waals surface area contributed by atoms with Gasteiger partial charge in [-0.2, -0.15) is 5.10 Å². The summed E-state index contributed by atoms with van der Waals surface area (Å²) in [5.41, 5.74) is 5.45.